The molecule has 0 atom stereocenters. The van der Waals surface area contributed by atoms with Crippen molar-refractivity contribution in [2.75, 3.05) is 38.8 Å². The fraction of sp³-hybridized carbons (Fsp3) is 0.786. The molecule has 1 N–H and O–H groups in total. The minimum absolute atomic E-state index is 0.672. The van der Waals surface area contributed by atoms with Crippen molar-refractivity contribution >= 4 is 5.95 Å². The van der Waals surface area contributed by atoms with Crippen LogP contribution in [-0.2, 0) is 16.0 Å². The van der Waals surface area contributed by atoms with Crippen LogP contribution in [0.2, 0.25) is 0 Å². The van der Waals surface area contributed by atoms with E-state index >= 15 is 0 Å². The first-order chi connectivity index (χ1) is 9.27. The highest BCUT2D eigenvalue weighted by Gasteiger charge is 2.04. The topological polar surface area (TPSA) is 48.3 Å². The maximum atomic E-state index is 5.45. The van der Waals surface area contributed by atoms with Gasteiger partial charge in [-0.05, 0) is 26.2 Å². The number of hydrogen-bond donors (Lipinski definition) is 1. The number of nitrogens with zero attached hydrogens (tertiary/aromatic N) is 2. The molecule has 0 aliphatic carbocycles. The van der Waals surface area contributed by atoms with Gasteiger partial charge in [0.05, 0.1) is 18.9 Å². The largest absolute Gasteiger partial charge is 0.382 e. The van der Waals surface area contributed by atoms with Gasteiger partial charge in [0.2, 0.25) is 5.95 Å². The van der Waals surface area contributed by atoms with Crippen LogP contribution in [0.4, 0.5) is 5.95 Å². The Hall–Kier alpha value is -1.07. The van der Waals surface area contributed by atoms with Crippen molar-refractivity contribution in [3.63, 3.8) is 0 Å². The highest BCUT2D eigenvalue weighted by molar-refractivity contribution is 5.28. The van der Waals surface area contributed by atoms with Gasteiger partial charge in [0, 0.05) is 33.0 Å². The molecule has 1 aromatic rings. The lowest BCUT2D eigenvalue weighted by atomic mass is 10.3. The monoisotopic (exact) mass is 269 g/mol. The summed E-state index contributed by atoms with van der Waals surface area (Å²) in [6.45, 7) is 8.30. The quantitative estimate of drug-likeness (QED) is 0.627. The summed E-state index contributed by atoms with van der Waals surface area (Å²) < 4.78 is 12.6. The van der Waals surface area contributed by atoms with Crippen LogP contribution in [-0.4, -0.2) is 43.0 Å². The number of aryl methyl sites for hydroxylation is 2. The van der Waals surface area contributed by atoms with Gasteiger partial charge in [-0.15, -0.1) is 0 Å². The molecule has 0 spiro atoms. The van der Waals surface area contributed by atoms with Crippen molar-refractivity contribution in [2.45, 2.75) is 39.7 Å². The van der Waals surface area contributed by atoms with Crippen molar-refractivity contribution in [1.29, 1.82) is 0 Å². The fourth-order valence-electron chi connectivity index (χ4n) is 1.83. The Morgan fingerprint density at radius 1 is 1.26 bits per heavy atom. The number of aromatic nitrogens is 2. The molecular weight excluding hydrogens is 242 g/mol. The minimum Gasteiger partial charge on any atom is -0.382 e. The second-order valence-electron chi connectivity index (χ2n) is 4.64. The Labute approximate surface area is 116 Å². The molecule has 0 bridgehead atoms. The van der Waals surface area contributed by atoms with E-state index in [4.69, 9.17) is 9.47 Å². The van der Waals surface area contributed by atoms with Gasteiger partial charge in [-0.25, -0.2) is 4.98 Å². The van der Waals surface area contributed by atoms with Gasteiger partial charge in [-0.3, -0.25) is 0 Å². The third kappa shape index (κ3) is 6.59. The normalized spacial score (nSPS) is 10.9. The summed E-state index contributed by atoms with van der Waals surface area (Å²) in [5, 5.41) is 3.36. The van der Waals surface area contributed by atoms with E-state index in [0.29, 0.717) is 13.2 Å². The zero-order valence-corrected chi connectivity index (χ0v) is 12.4. The first-order valence-electron chi connectivity index (χ1n) is 7.12. The molecule has 0 aromatic carbocycles. The number of ether oxygens (including phenoxy) is 2. The van der Waals surface area contributed by atoms with E-state index in [0.717, 1.165) is 50.6 Å². The number of hydrogen-bond acceptors (Lipinski definition) is 4. The van der Waals surface area contributed by atoms with Gasteiger partial charge in [0.1, 0.15) is 0 Å². The average molecular weight is 269 g/mol. The highest BCUT2D eigenvalue weighted by atomic mass is 16.5. The molecule has 19 heavy (non-hydrogen) atoms. The molecule has 5 nitrogen and oxygen atoms in total. The Bertz CT molecular complexity index is 339. The van der Waals surface area contributed by atoms with E-state index in [9.17, 15) is 0 Å². The molecule has 1 rings (SSSR count). The number of methoxy groups -OCH3 is 1. The van der Waals surface area contributed by atoms with Gasteiger partial charge in [-0.2, -0.15) is 0 Å². The molecule has 110 valence electrons. The maximum Gasteiger partial charge on any atom is 0.203 e. The van der Waals surface area contributed by atoms with E-state index in [1.165, 1.54) is 0 Å². The standard InChI is InChI=1S/C14H27N3O2/c1-4-7-15-14-16-13(2)12-17(14)8-5-6-9-19-11-10-18-3/h12H,4-11H2,1-3H3,(H,15,16). The zero-order chi connectivity index (χ0) is 13.9. The summed E-state index contributed by atoms with van der Waals surface area (Å²) in [5.74, 6) is 0.986. The number of nitrogens with one attached hydrogen (secondary N) is 1. The average Bonchev–Trinajstić information content (AvgIpc) is 2.75. The summed E-state index contributed by atoms with van der Waals surface area (Å²) in [6.07, 6.45) is 5.38. The lowest BCUT2D eigenvalue weighted by Gasteiger charge is -2.09. The molecule has 0 aliphatic heterocycles. The number of anilines is 1. The van der Waals surface area contributed by atoms with Gasteiger partial charge in [-0.1, -0.05) is 6.92 Å². The van der Waals surface area contributed by atoms with Crippen LogP contribution in [0.5, 0.6) is 0 Å². The molecule has 0 radical (unpaired) electrons. The van der Waals surface area contributed by atoms with Crippen LogP contribution in [0, 0.1) is 6.92 Å². The second kappa shape index (κ2) is 9.81. The maximum absolute atomic E-state index is 5.45. The summed E-state index contributed by atoms with van der Waals surface area (Å²) >= 11 is 0. The van der Waals surface area contributed by atoms with Gasteiger partial charge < -0.3 is 19.4 Å². The Kier molecular flexibility index (Phi) is 8.25. The third-order valence-electron chi connectivity index (χ3n) is 2.80. The summed E-state index contributed by atoms with van der Waals surface area (Å²) in [5.41, 5.74) is 1.06. The highest BCUT2D eigenvalue weighted by Crippen LogP contribution is 2.10. The first-order valence-corrected chi connectivity index (χ1v) is 7.12. The minimum atomic E-state index is 0.672. The van der Waals surface area contributed by atoms with Crippen LogP contribution < -0.4 is 5.32 Å². The van der Waals surface area contributed by atoms with E-state index < -0.39 is 0 Å². The Morgan fingerprint density at radius 3 is 2.84 bits per heavy atom. The van der Waals surface area contributed by atoms with Crippen LogP contribution in [0.15, 0.2) is 6.20 Å². The van der Waals surface area contributed by atoms with Crippen LogP contribution in [0.25, 0.3) is 0 Å². The van der Waals surface area contributed by atoms with E-state index in [2.05, 4.69) is 28.0 Å². The molecule has 0 unspecified atom stereocenters. The van der Waals surface area contributed by atoms with Gasteiger partial charge in [0.15, 0.2) is 0 Å². The number of imidazole rings is 1. The predicted molar refractivity (Wildman–Crippen MR) is 77.7 cm³/mol. The van der Waals surface area contributed by atoms with Crippen LogP contribution in [0.3, 0.4) is 0 Å². The van der Waals surface area contributed by atoms with Crippen molar-refractivity contribution in [2.24, 2.45) is 0 Å². The molecule has 0 aliphatic rings. The summed E-state index contributed by atoms with van der Waals surface area (Å²) in [6, 6.07) is 0. The summed E-state index contributed by atoms with van der Waals surface area (Å²) in [4.78, 5) is 4.49. The molecule has 0 fully saturated rings. The van der Waals surface area contributed by atoms with E-state index in [-0.39, 0.29) is 0 Å². The molecule has 1 heterocycles. The lowest BCUT2D eigenvalue weighted by molar-refractivity contribution is 0.0684. The SMILES string of the molecule is CCCNc1nc(C)cn1CCCCOCCOC. The number of rotatable bonds is 11. The van der Waals surface area contributed by atoms with Crippen molar-refractivity contribution in [1.82, 2.24) is 9.55 Å². The lowest BCUT2D eigenvalue weighted by Crippen LogP contribution is -2.09. The van der Waals surface area contributed by atoms with E-state index in [1.54, 1.807) is 7.11 Å². The smallest absolute Gasteiger partial charge is 0.203 e. The zero-order valence-electron chi connectivity index (χ0n) is 12.4. The Balaban J connectivity index is 2.20. The molecule has 0 amide bonds. The Morgan fingerprint density at radius 2 is 2.11 bits per heavy atom. The van der Waals surface area contributed by atoms with Crippen molar-refractivity contribution in [3.8, 4) is 0 Å². The van der Waals surface area contributed by atoms with Crippen LogP contribution >= 0.6 is 0 Å². The van der Waals surface area contributed by atoms with Crippen molar-refractivity contribution < 1.29 is 9.47 Å². The van der Waals surface area contributed by atoms with Crippen molar-refractivity contribution in [3.05, 3.63) is 11.9 Å². The molecule has 0 saturated carbocycles. The molecule has 0 saturated heterocycles. The fourth-order valence-corrected chi connectivity index (χ4v) is 1.83. The molecule has 5 heteroatoms. The predicted octanol–water partition coefficient (Wildman–Crippen LogP) is 2.46. The van der Waals surface area contributed by atoms with Gasteiger partial charge in [0.25, 0.3) is 0 Å². The number of unbranched alkanes of at least 4 members (excludes halogenated alkanes) is 1. The second-order valence-corrected chi connectivity index (χ2v) is 4.64. The van der Waals surface area contributed by atoms with E-state index in [1.807, 2.05) is 6.92 Å². The third-order valence-corrected chi connectivity index (χ3v) is 2.80. The molecule has 1 aromatic heterocycles. The first kappa shape index (κ1) is 16.0. The van der Waals surface area contributed by atoms with Gasteiger partial charge >= 0.3 is 0 Å². The van der Waals surface area contributed by atoms with Crippen LogP contribution in [0.1, 0.15) is 31.9 Å². The molecular formula is C14H27N3O2. The summed E-state index contributed by atoms with van der Waals surface area (Å²) in [7, 11) is 1.69.